The Morgan fingerprint density at radius 2 is 2.50 bits per heavy atom. The van der Waals surface area contributed by atoms with Gasteiger partial charge in [-0.15, -0.1) is 0 Å². The van der Waals surface area contributed by atoms with Gasteiger partial charge in [0.15, 0.2) is 0 Å². The molecule has 1 N–H and O–H groups in total. The first-order chi connectivity index (χ1) is 7.74. The number of fused-ring (bicyclic) bond motifs is 2. The molecule has 2 aromatic rings. The first kappa shape index (κ1) is 11.0. The summed E-state index contributed by atoms with van der Waals surface area (Å²) in [5.74, 6) is -0.131. The summed E-state index contributed by atoms with van der Waals surface area (Å²) in [6.07, 6.45) is 0. The van der Waals surface area contributed by atoms with Crippen LogP contribution in [0.5, 0.6) is 0 Å². The number of hydrogen-bond acceptors (Lipinski definition) is 4. The van der Waals surface area contributed by atoms with Crippen LogP contribution in [0.2, 0.25) is 0 Å². The van der Waals surface area contributed by atoms with Crippen LogP contribution in [0.25, 0.3) is 11.2 Å². The molecule has 1 fully saturated rings. The summed E-state index contributed by atoms with van der Waals surface area (Å²) in [6, 6.07) is 5.71. The van der Waals surface area contributed by atoms with Crippen LogP contribution in [0, 0.1) is 0 Å². The van der Waals surface area contributed by atoms with Gasteiger partial charge in [0, 0.05) is 0 Å². The summed E-state index contributed by atoms with van der Waals surface area (Å²) in [5, 5.41) is 0. The molecular formula is C10H8I2NO3-. The Hall–Kier alpha value is -0.0900. The predicted molar refractivity (Wildman–Crippen MR) is 61.9 cm³/mol. The molecule has 0 radical (unpaired) electrons. The molecule has 2 atom stereocenters. The summed E-state index contributed by atoms with van der Waals surface area (Å²) in [7, 11) is 0. The van der Waals surface area contributed by atoms with E-state index in [1.54, 1.807) is 0 Å². The number of carbonyl (C=O) groups excluding carboxylic acids is 1. The molecule has 1 aliphatic rings. The van der Waals surface area contributed by atoms with Crippen molar-refractivity contribution in [1.29, 1.82) is 0 Å². The number of nitrogens with one attached hydrogen (secondary N) is 1. The van der Waals surface area contributed by atoms with Crippen molar-refractivity contribution in [2.45, 2.75) is 14.6 Å². The van der Waals surface area contributed by atoms with Gasteiger partial charge < -0.3 is 0 Å². The number of alkyl halides is 2. The van der Waals surface area contributed by atoms with Crippen LogP contribution in [-0.2, 0) is 16.1 Å². The molecule has 86 valence electrons. The van der Waals surface area contributed by atoms with Gasteiger partial charge in [0.25, 0.3) is 0 Å². The van der Waals surface area contributed by atoms with Gasteiger partial charge in [-0.25, -0.2) is 0 Å². The van der Waals surface area contributed by atoms with E-state index in [9.17, 15) is 4.79 Å². The van der Waals surface area contributed by atoms with Crippen LogP contribution in [0.15, 0.2) is 22.6 Å². The molecule has 16 heavy (non-hydrogen) atoms. The molecule has 1 saturated heterocycles. The van der Waals surface area contributed by atoms with Gasteiger partial charge in [-0.05, 0) is 0 Å². The molecule has 3 heterocycles. The summed E-state index contributed by atoms with van der Waals surface area (Å²) in [5.41, 5.74) is 2.60. The fourth-order valence-corrected chi connectivity index (χ4v) is 4.59. The minimum absolute atomic E-state index is 0.0429. The Kier molecular flexibility index (Phi) is 2.96. The number of furan rings is 2. The van der Waals surface area contributed by atoms with Gasteiger partial charge in [-0.3, -0.25) is 0 Å². The van der Waals surface area contributed by atoms with E-state index in [0.717, 1.165) is 16.7 Å². The van der Waals surface area contributed by atoms with Gasteiger partial charge in [0.1, 0.15) is 0 Å². The first-order valence-corrected chi connectivity index (χ1v) is 8.30. The van der Waals surface area contributed by atoms with Crippen LogP contribution in [0.1, 0.15) is 5.56 Å². The van der Waals surface area contributed by atoms with Crippen molar-refractivity contribution in [1.82, 2.24) is 3.53 Å². The van der Waals surface area contributed by atoms with Gasteiger partial charge in [0.2, 0.25) is 0 Å². The molecule has 2 unspecified atom stereocenters. The van der Waals surface area contributed by atoms with Crippen LogP contribution in [0.3, 0.4) is 0 Å². The van der Waals surface area contributed by atoms with E-state index in [1.165, 1.54) is 0 Å². The van der Waals surface area contributed by atoms with E-state index >= 15 is 0 Å². The molecule has 2 aromatic heterocycles. The average Bonchev–Trinajstić information content (AvgIpc) is 2.94. The predicted octanol–water partition coefficient (Wildman–Crippen LogP) is -1.35. The van der Waals surface area contributed by atoms with Crippen molar-refractivity contribution >= 4 is 39.7 Å². The van der Waals surface area contributed by atoms with E-state index in [2.05, 4.69) is 26.1 Å². The second-order valence-electron chi connectivity index (χ2n) is 3.50. The van der Waals surface area contributed by atoms with Gasteiger partial charge in [0.05, 0.1) is 0 Å². The van der Waals surface area contributed by atoms with Crippen LogP contribution >= 0.6 is 22.6 Å². The number of ether oxygens (including phenoxy) is 1. The molecule has 0 saturated carbocycles. The zero-order valence-electron chi connectivity index (χ0n) is 8.07. The fourth-order valence-electron chi connectivity index (χ4n) is 1.45. The van der Waals surface area contributed by atoms with E-state index < -0.39 is 0 Å². The summed E-state index contributed by atoms with van der Waals surface area (Å²) >= 11 is 2.20. The zero-order valence-corrected chi connectivity index (χ0v) is 12.4. The van der Waals surface area contributed by atoms with Gasteiger partial charge in [-0.1, -0.05) is 0 Å². The Bertz CT molecular complexity index is 508. The van der Waals surface area contributed by atoms with Gasteiger partial charge >= 0.3 is 117 Å². The third-order valence-corrected chi connectivity index (χ3v) is 7.01. The molecule has 3 rings (SSSR count). The average molecular weight is 444 g/mol. The number of halogens is 2. The third-order valence-electron chi connectivity index (χ3n) is 2.35. The zero-order chi connectivity index (χ0) is 11.1. The molecule has 0 amide bonds. The number of carbonyl (C=O) groups is 1. The fraction of sp³-hybridized carbons (Fsp3) is 0.300. The molecule has 0 aliphatic carbocycles. The standard InChI is InChI=1S/C10H8I2NO3/c11-8(9-12-13-9)10(14)15-4-5-3-6-1-2-7(5)16-6/h1-3,8-9,13H,4H2/q-1. The molecule has 0 aromatic carbocycles. The topological polar surface area (TPSA) is 61.4 Å². The second-order valence-corrected chi connectivity index (χ2v) is 7.43. The maximum absolute atomic E-state index is 11.6. The van der Waals surface area contributed by atoms with Crippen molar-refractivity contribution in [3.8, 4) is 0 Å². The number of hydrogen-bond donors (Lipinski definition) is 1. The van der Waals surface area contributed by atoms with Crippen LogP contribution < -0.4 is 25.0 Å². The van der Waals surface area contributed by atoms with E-state index in [0.29, 0.717) is 10.7 Å². The molecule has 1 aliphatic heterocycles. The molecule has 6 heteroatoms. The van der Waals surface area contributed by atoms with Crippen molar-refractivity contribution in [3.63, 3.8) is 0 Å². The van der Waals surface area contributed by atoms with Crippen molar-refractivity contribution in [2.75, 3.05) is 0 Å². The SMILES string of the molecule is O=C(OCc1cc2ccc1o2)C(I)C1N[I-]1. The number of rotatable bonds is 4. The van der Waals surface area contributed by atoms with Crippen LogP contribution in [-0.4, -0.2) is 13.9 Å². The minimum atomic E-state index is -0.131. The monoisotopic (exact) mass is 444 g/mol. The maximum atomic E-state index is 11.6. The van der Waals surface area contributed by atoms with Crippen molar-refractivity contribution in [2.24, 2.45) is 0 Å². The number of esters is 1. The summed E-state index contributed by atoms with van der Waals surface area (Å²) in [6.45, 7) is 0.312. The van der Waals surface area contributed by atoms with Crippen LogP contribution in [0.4, 0.5) is 0 Å². The summed E-state index contributed by atoms with van der Waals surface area (Å²) in [4.78, 5) is 11.6. The Morgan fingerprint density at radius 3 is 3.06 bits per heavy atom. The molecule has 0 spiro atoms. The molecule has 2 bridgehead atoms. The summed E-state index contributed by atoms with van der Waals surface area (Å²) < 4.78 is 14.2. The first-order valence-electron chi connectivity index (χ1n) is 4.73. The normalized spacial score (nSPS) is 21.7. The Balaban J connectivity index is 1.59. The quantitative estimate of drug-likeness (QED) is 0.158. The van der Waals surface area contributed by atoms with Crippen molar-refractivity contribution < 1.29 is 35.4 Å². The Morgan fingerprint density at radius 1 is 1.69 bits per heavy atom. The Labute approximate surface area is 116 Å². The van der Waals surface area contributed by atoms with E-state index in [-0.39, 0.29) is 31.4 Å². The van der Waals surface area contributed by atoms with E-state index in [1.807, 2.05) is 18.2 Å². The van der Waals surface area contributed by atoms with Crippen molar-refractivity contribution in [3.05, 3.63) is 23.8 Å². The van der Waals surface area contributed by atoms with E-state index in [4.69, 9.17) is 9.15 Å². The molecule has 4 nitrogen and oxygen atoms in total. The second kappa shape index (κ2) is 4.30. The third kappa shape index (κ3) is 2.14. The number of benzene rings is 1. The van der Waals surface area contributed by atoms with Gasteiger partial charge in [-0.2, -0.15) is 0 Å². The molecular weight excluding hydrogens is 436 g/mol.